The van der Waals surface area contributed by atoms with Gasteiger partial charge in [0.15, 0.2) is 0 Å². The van der Waals surface area contributed by atoms with Gasteiger partial charge in [-0.05, 0) is 31.2 Å². The number of thiocarbonyl (C=S) groups is 1. The van der Waals surface area contributed by atoms with E-state index in [0.29, 0.717) is 15.8 Å². The van der Waals surface area contributed by atoms with Crippen molar-refractivity contribution in [3.05, 3.63) is 52.5 Å². The number of hydrogen-bond acceptors (Lipinski definition) is 3. The zero-order valence-electron chi connectivity index (χ0n) is 11.2. The normalized spacial score (nSPS) is 10.2. The third kappa shape index (κ3) is 3.21. The van der Waals surface area contributed by atoms with E-state index in [-0.39, 0.29) is 0 Å². The van der Waals surface area contributed by atoms with E-state index in [2.05, 4.69) is 5.32 Å². The van der Waals surface area contributed by atoms with Crippen molar-refractivity contribution in [1.29, 1.82) is 0 Å². The average Bonchev–Trinajstić information content (AvgIpc) is 2.42. The molecule has 20 heavy (non-hydrogen) atoms. The number of anilines is 2. The van der Waals surface area contributed by atoms with E-state index < -0.39 is 0 Å². The van der Waals surface area contributed by atoms with Crippen LogP contribution in [0.25, 0.3) is 0 Å². The first-order chi connectivity index (χ1) is 9.51. The number of rotatable bonds is 4. The Morgan fingerprint density at radius 3 is 2.65 bits per heavy atom. The van der Waals surface area contributed by atoms with Crippen molar-refractivity contribution < 1.29 is 4.74 Å². The smallest absolute Gasteiger partial charge is 0.139 e. The lowest BCUT2D eigenvalue weighted by Gasteiger charge is -2.13. The molecule has 5 heteroatoms. The van der Waals surface area contributed by atoms with Crippen molar-refractivity contribution >= 4 is 40.2 Å². The van der Waals surface area contributed by atoms with Gasteiger partial charge in [-0.1, -0.05) is 35.4 Å². The van der Waals surface area contributed by atoms with Crippen LogP contribution in [-0.4, -0.2) is 12.1 Å². The Bertz CT molecular complexity index is 658. The summed E-state index contributed by atoms with van der Waals surface area (Å²) in [5, 5.41) is 3.84. The summed E-state index contributed by atoms with van der Waals surface area (Å²) < 4.78 is 5.20. The highest BCUT2D eigenvalue weighted by Gasteiger charge is 2.07. The SMILES string of the molecule is COc1cc(Nc2ccc(C)cc2C(N)=S)ccc1Cl. The number of hydrogen-bond donors (Lipinski definition) is 2. The lowest BCUT2D eigenvalue weighted by molar-refractivity contribution is 0.415. The molecule has 0 saturated carbocycles. The summed E-state index contributed by atoms with van der Waals surface area (Å²) in [7, 11) is 1.58. The van der Waals surface area contributed by atoms with E-state index in [9.17, 15) is 0 Å². The Morgan fingerprint density at radius 1 is 1.25 bits per heavy atom. The van der Waals surface area contributed by atoms with Crippen LogP contribution in [0.2, 0.25) is 5.02 Å². The molecule has 3 nitrogen and oxygen atoms in total. The molecule has 0 aromatic heterocycles. The van der Waals surface area contributed by atoms with Crippen molar-refractivity contribution in [2.24, 2.45) is 5.73 Å². The molecule has 0 bridgehead atoms. The minimum absolute atomic E-state index is 0.358. The number of ether oxygens (including phenoxy) is 1. The van der Waals surface area contributed by atoms with Gasteiger partial charge in [-0.2, -0.15) is 0 Å². The third-order valence-electron chi connectivity index (χ3n) is 2.87. The van der Waals surface area contributed by atoms with Gasteiger partial charge in [0.1, 0.15) is 10.7 Å². The molecule has 2 rings (SSSR count). The number of aryl methyl sites for hydroxylation is 1. The van der Waals surface area contributed by atoms with Gasteiger partial charge >= 0.3 is 0 Å². The van der Waals surface area contributed by atoms with Gasteiger partial charge in [0, 0.05) is 23.0 Å². The average molecular weight is 307 g/mol. The Balaban J connectivity index is 2.37. The minimum Gasteiger partial charge on any atom is -0.495 e. The highest BCUT2D eigenvalue weighted by Crippen LogP contribution is 2.30. The molecule has 3 N–H and O–H groups in total. The van der Waals surface area contributed by atoms with Crippen LogP contribution < -0.4 is 15.8 Å². The Hall–Kier alpha value is -1.78. The summed E-state index contributed by atoms with van der Waals surface area (Å²) in [5.41, 5.74) is 9.39. The van der Waals surface area contributed by atoms with E-state index in [1.54, 1.807) is 13.2 Å². The number of halogens is 1. The van der Waals surface area contributed by atoms with Gasteiger partial charge < -0.3 is 15.8 Å². The molecule has 0 aliphatic carbocycles. The molecule has 0 atom stereocenters. The lowest BCUT2D eigenvalue weighted by atomic mass is 10.1. The molecular weight excluding hydrogens is 292 g/mol. The fourth-order valence-corrected chi connectivity index (χ4v) is 2.23. The van der Waals surface area contributed by atoms with Crippen molar-refractivity contribution in [3.8, 4) is 5.75 Å². The quantitative estimate of drug-likeness (QED) is 0.837. The maximum atomic E-state index is 6.01. The molecule has 0 fully saturated rings. The summed E-state index contributed by atoms with van der Waals surface area (Å²) in [4.78, 5) is 0.358. The van der Waals surface area contributed by atoms with Crippen LogP contribution in [0.5, 0.6) is 5.75 Å². The summed E-state index contributed by atoms with van der Waals surface area (Å²) in [6, 6.07) is 11.4. The largest absolute Gasteiger partial charge is 0.495 e. The van der Waals surface area contributed by atoms with Crippen LogP contribution in [0.1, 0.15) is 11.1 Å². The van der Waals surface area contributed by atoms with Crippen molar-refractivity contribution in [1.82, 2.24) is 0 Å². The zero-order valence-corrected chi connectivity index (χ0v) is 12.8. The van der Waals surface area contributed by atoms with Crippen LogP contribution in [0.4, 0.5) is 11.4 Å². The molecular formula is C15H15ClN2OS. The van der Waals surface area contributed by atoms with E-state index in [1.165, 1.54) is 0 Å². The van der Waals surface area contributed by atoms with Gasteiger partial charge in [0.25, 0.3) is 0 Å². The molecule has 2 aromatic rings. The van der Waals surface area contributed by atoms with Crippen LogP contribution in [-0.2, 0) is 0 Å². The topological polar surface area (TPSA) is 47.3 Å². The zero-order chi connectivity index (χ0) is 14.7. The predicted octanol–water partition coefficient (Wildman–Crippen LogP) is 4.03. The van der Waals surface area contributed by atoms with Crippen LogP contribution in [0.3, 0.4) is 0 Å². The summed E-state index contributed by atoms with van der Waals surface area (Å²) in [6.45, 7) is 2.00. The van der Waals surface area contributed by atoms with Crippen LogP contribution >= 0.6 is 23.8 Å². The lowest BCUT2D eigenvalue weighted by Crippen LogP contribution is -2.12. The Morgan fingerprint density at radius 2 is 2.00 bits per heavy atom. The van der Waals surface area contributed by atoms with Gasteiger partial charge in [-0.25, -0.2) is 0 Å². The third-order valence-corrected chi connectivity index (χ3v) is 3.40. The molecule has 104 valence electrons. The van der Waals surface area contributed by atoms with Crippen molar-refractivity contribution in [3.63, 3.8) is 0 Å². The molecule has 0 spiro atoms. The number of nitrogens with two attached hydrogens (primary N) is 1. The van der Waals surface area contributed by atoms with Crippen LogP contribution in [0.15, 0.2) is 36.4 Å². The molecule has 0 amide bonds. The van der Waals surface area contributed by atoms with Crippen molar-refractivity contribution in [2.75, 3.05) is 12.4 Å². The molecule has 2 aromatic carbocycles. The summed E-state index contributed by atoms with van der Waals surface area (Å²) in [6.07, 6.45) is 0. The molecule has 0 saturated heterocycles. The molecule has 0 aliphatic rings. The molecule has 0 unspecified atom stereocenters. The van der Waals surface area contributed by atoms with E-state index in [0.717, 1.165) is 22.5 Å². The van der Waals surface area contributed by atoms with E-state index in [4.69, 9.17) is 34.3 Å². The standard InChI is InChI=1S/C15H15ClN2OS/c1-9-3-6-13(11(7-9)15(17)20)18-10-4-5-12(16)14(8-10)19-2/h3-8,18H,1-2H3,(H2,17,20). The van der Waals surface area contributed by atoms with E-state index >= 15 is 0 Å². The number of methoxy groups -OCH3 is 1. The first-order valence-corrected chi connectivity index (χ1v) is 6.81. The summed E-state index contributed by atoms with van der Waals surface area (Å²) in [5.74, 6) is 0.612. The maximum absolute atomic E-state index is 6.01. The first kappa shape index (κ1) is 14.6. The highest BCUT2D eigenvalue weighted by molar-refractivity contribution is 7.80. The van der Waals surface area contributed by atoms with Gasteiger partial charge in [0.2, 0.25) is 0 Å². The number of benzene rings is 2. The monoisotopic (exact) mass is 306 g/mol. The fraction of sp³-hybridized carbons (Fsp3) is 0.133. The Kier molecular flexibility index (Phi) is 4.47. The fourth-order valence-electron chi connectivity index (χ4n) is 1.86. The maximum Gasteiger partial charge on any atom is 0.139 e. The molecule has 0 heterocycles. The number of nitrogens with one attached hydrogen (secondary N) is 1. The minimum atomic E-state index is 0.358. The van der Waals surface area contributed by atoms with Crippen LogP contribution in [0, 0.1) is 6.92 Å². The predicted molar refractivity (Wildman–Crippen MR) is 88.4 cm³/mol. The molecule has 0 radical (unpaired) electrons. The van der Waals surface area contributed by atoms with Crippen molar-refractivity contribution in [2.45, 2.75) is 6.92 Å². The second kappa shape index (κ2) is 6.11. The first-order valence-electron chi connectivity index (χ1n) is 6.02. The highest BCUT2D eigenvalue weighted by atomic mass is 35.5. The van der Waals surface area contributed by atoms with Gasteiger partial charge in [0.05, 0.1) is 12.1 Å². The van der Waals surface area contributed by atoms with Gasteiger partial charge in [-0.15, -0.1) is 0 Å². The summed E-state index contributed by atoms with van der Waals surface area (Å²) >= 11 is 11.1. The second-order valence-corrected chi connectivity index (χ2v) is 5.23. The Labute approximate surface area is 128 Å². The van der Waals surface area contributed by atoms with E-state index in [1.807, 2.05) is 37.3 Å². The van der Waals surface area contributed by atoms with Gasteiger partial charge in [-0.3, -0.25) is 0 Å². The molecule has 0 aliphatic heterocycles. The second-order valence-electron chi connectivity index (χ2n) is 4.39.